The topological polar surface area (TPSA) is 181 Å². The summed E-state index contributed by atoms with van der Waals surface area (Å²) < 4.78 is 0. The Morgan fingerprint density at radius 3 is 1.66 bits per heavy atom. The number of hydrogen-bond donors (Lipinski definition) is 6. The summed E-state index contributed by atoms with van der Waals surface area (Å²) in [6.45, 7) is 1.66. The van der Waals surface area contributed by atoms with Gasteiger partial charge in [0.2, 0.25) is 35.4 Å². The average Bonchev–Trinajstić information content (AvgIpc) is 3.98. The first-order valence-electron chi connectivity index (χ1n) is 21.0. The summed E-state index contributed by atoms with van der Waals surface area (Å²) >= 11 is 2.95. The van der Waals surface area contributed by atoms with Gasteiger partial charge in [0.15, 0.2) is 0 Å². The van der Waals surface area contributed by atoms with E-state index in [0.29, 0.717) is 23.3 Å². The number of hydrogen-bond acceptors (Lipinski definition) is 10. The Labute approximate surface area is 367 Å². The molecule has 0 saturated carbocycles. The van der Waals surface area contributed by atoms with Crippen molar-refractivity contribution in [3.8, 4) is 23.7 Å². The molecular formula is C45H56N8O6S2. The highest BCUT2D eigenvalue weighted by atomic mass is 32.2. The molecule has 324 valence electrons. The second-order valence-electron chi connectivity index (χ2n) is 15.7. The largest absolute Gasteiger partial charge is 0.347 e. The quantitative estimate of drug-likeness (QED) is 0.153. The lowest BCUT2D eigenvalue weighted by molar-refractivity contribution is -0.141. The van der Waals surface area contributed by atoms with E-state index >= 15 is 0 Å². The summed E-state index contributed by atoms with van der Waals surface area (Å²) in [5.74, 6) is 10.6. The second-order valence-corrected chi connectivity index (χ2v) is 17.7. The Balaban J connectivity index is 1.11. The minimum Gasteiger partial charge on any atom is -0.347 e. The molecule has 4 aliphatic rings. The van der Waals surface area contributed by atoms with E-state index in [4.69, 9.17) is 0 Å². The van der Waals surface area contributed by atoms with Crippen LogP contribution in [0.25, 0.3) is 0 Å². The Morgan fingerprint density at radius 1 is 0.705 bits per heavy atom. The molecule has 2 aliphatic heterocycles. The van der Waals surface area contributed by atoms with E-state index in [0.717, 1.165) is 49.7 Å². The predicted molar refractivity (Wildman–Crippen MR) is 238 cm³/mol. The van der Waals surface area contributed by atoms with E-state index in [1.54, 1.807) is 21.0 Å². The third-order valence-corrected chi connectivity index (χ3v) is 13.6. The van der Waals surface area contributed by atoms with Crippen LogP contribution in [0.4, 0.5) is 0 Å². The van der Waals surface area contributed by atoms with Gasteiger partial charge in [0.05, 0.1) is 36.4 Å². The second kappa shape index (κ2) is 22.2. The highest BCUT2D eigenvalue weighted by Crippen LogP contribution is 2.32. The number of likely N-dealkylation sites (N-methyl/N-ethyl adjacent to an activating group) is 2. The molecule has 0 aromatic heterocycles. The van der Waals surface area contributed by atoms with Gasteiger partial charge in [0.1, 0.15) is 24.2 Å². The highest BCUT2D eigenvalue weighted by molar-refractivity contribution is 7.99. The monoisotopic (exact) mass is 868 g/mol. The summed E-state index contributed by atoms with van der Waals surface area (Å²) in [6.07, 6.45) is 5.33. The first-order chi connectivity index (χ1) is 29.6. The molecule has 6 N–H and O–H groups in total. The fourth-order valence-corrected chi connectivity index (χ4v) is 10.5. The van der Waals surface area contributed by atoms with Crippen molar-refractivity contribution in [3.05, 3.63) is 70.8 Å². The number of nitrogens with one attached hydrogen (secondary N) is 6. The van der Waals surface area contributed by atoms with Gasteiger partial charge in [-0.05, 0) is 93.6 Å². The zero-order chi connectivity index (χ0) is 43.3. The number of carbonyl (C=O) groups is 6. The molecule has 16 heteroatoms. The lowest BCUT2D eigenvalue weighted by Crippen LogP contribution is -2.56. The van der Waals surface area contributed by atoms with Gasteiger partial charge in [-0.3, -0.25) is 28.8 Å². The van der Waals surface area contributed by atoms with Gasteiger partial charge in [-0.2, -0.15) is 0 Å². The number of thioether (sulfide) groups is 2. The number of amides is 6. The van der Waals surface area contributed by atoms with Gasteiger partial charge in [0, 0.05) is 24.3 Å². The lowest BCUT2D eigenvalue weighted by Gasteiger charge is -2.31. The van der Waals surface area contributed by atoms with Crippen LogP contribution in [0.2, 0.25) is 0 Å². The summed E-state index contributed by atoms with van der Waals surface area (Å²) in [6, 6.07) is 11.8. The van der Waals surface area contributed by atoms with Crippen molar-refractivity contribution in [3.63, 3.8) is 0 Å². The molecule has 0 spiro atoms. The maximum Gasteiger partial charge on any atom is 0.247 e. The molecule has 2 heterocycles. The van der Waals surface area contributed by atoms with Crippen LogP contribution in [0.3, 0.4) is 0 Å². The van der Waals surface area contributed by atoms with Crippen LogP contribution in [-0.2, 0) is 41.6 Å². The summed E-state index contributed by atoms with van der Waals surface area (Å²) in [7, 11) is 3.27. The molecule has 6 rings (SSSR count). The minimum absolute atomic E-state index is 0.0172. The van der Waals surface area contributed by atoms with Gasteiger partial charge in [-0.25, -0.2) is 0 Å². The number of carbonyl (C=O) groups excluding carboxylic acids is 6. The van der Waals surface area contributed by atoms with Gasteiger partial charge in [0.25, 0.3) is 0 Å². The van der Waals surface area contributed by atoms with Gasteiger partial charge < -0.3 is 41.7 Å². The Bertz CT molecular complexity index is 2080. The Hall–Kier alpha value is -5.00. The van der Waals surface area contributed by atoms with E-state index in [1.165, 1.54) is 44.5 Å². The zero-order valence-corrected chi connectivity index (χ0v) is 36.6. The van der Waals surface area contributed by atoms with Crippen LogP contribution in [0.15, 0.2) is 48.5 Å². The third-order valence-electron chi connectivity index (χ3n) is 11.6. The van der Waals surface area contributed by atoms with Gasteiger partial charge in [-0.1, -0.05) is 60.4 Å². The van der Waals surface area contributed by atoms with Crippen molar-refractivity contribution >= 4 is 59.0 Å². The molecule has 7 atom stereocenters. The smallest absolute Gasteiger partial charge is 0.247 e. The van der Waals surface area contributed by atoms with E-state index in [1.807, 2.05) is 36.4 Å². The summed E-state index contributed by atoms with van der Waals surface area (Å²) in [5, 5.41) is 17.6. The molecule has 2 fully saturated rings. The van der Waals surface area contributed by atoms with Crippen LogP contribution >= 0.6 is 23.5 Å². The molecule has 61 heavy (non-hydrogen) atoms. The van der Waals surface area contributed by atoms with Crippen molar-refractivity contribution < 1.29 is 28.8 Å². The molecule has 0 radical (unpaired) electrons. The van der Waals surface area contributed by atoms with Crippen molar-refractivity contribution in [1.82, 2.24) is 41.7 Å². The molecule has 2 aliphatic carbocycles. The summed E-state index contributed by atoms with van der Waals surface area (Å²) in [5.41, 5.74) is 4.65. The fraction of sp³-hybridized carbons (Fsp3) is 0.511. The highest BCUT2D eigenvalue weighted by Gasteiger charge is 2.41. The van der Waals surface area contributed by atoms with E-state index < -0.39 is 53.8 Å². The van der Waals surface area contributed by atoms with Gasteiger partial charge >= 0.3 is 0 Å². The minimum atomic E-state index is -1.05. The molecule has 2 saturated heterocycles. The first-order valence-corrected chi connectivity index (χ1v) is 23.3. The Kier molecular flexibility index (Phi) is 16.6. The van der Waals surface area contributed by atoms with Crippen LogP contribution in [0, 0.1) is 23.7 Å². The number of benzene rings is 2. The van der Waals surface area contributed by atoms with Crippen molar-refractivity contribution in [1.29, 1.82) is 0 Å². The van der Waals surface area contributed by atoms with Crippen LogP contribution in [0.1, 0.15) is 79.8 Å². The standard InChI is InChI=1S/C45H56N8O6S2/c1-29(47-3)41(55)51-37(45(59)53-28-61-26-39(53)43(57)50-35-23-13-17-31-15-9-11-19-33(31)35)21-7-5-4-6-20-36(48-40(54)24-46-2)44(58)52-27-60-25-38(52)42(56)49-34-22-12-16-30-14-8-10-18-32(30)34/h8-11,14-15,18-19,29,34-39,46-47H,12-13,16-17,20-28H2,1-3H3,(H,48,54)(H,49,56)(H,50,57)(H,51,55)/t29-,34+,35+,36-,37-,38-,39-/m0/s1. The molecule has 6 amide bonds. The normalized spacial score (nSPS) is 21.8. The van der Waals surface area contributed by atoms with Crippen LogP contribution in [0.5, 0.6) is 0 Å². The van der Waals surface area contributed by atoms with Crippen molar-refractivity contribution in [2.75, 3.05) is 43.9 Å². The van der Waals surface area contributed by atoms with E-state index in [9.17, 15) is 28.8 Å². The average molecular weight is 869 g/mol. The van der Waals surface area contributed by atoms with E-state index in [2.05, 4.69) is 67.7 Å². The third kappa shape index (κ3) is 11.7. The number of fused-ring (bicyclic) bond motifs is 2. The molecule has 14 nitrogen and oxygen atoms in total. The molecule has 2 aromatic rings. The van der Waals surface area contributed by atoms with Gasteiger partial charge in [-0.15, -0.1) is 23.5 Å². The molecule has 2 aromatic carbocycles. The molecule has 0 bridgehead atoms. The zero-order valence-electron chi connectivity index (χ0n) is 35.0. The maximum atomic E-state index is 14.1. The maximum absolute atomic E-state index is 14.1. The Morgan fingerprint density at radius 2 is 1.18 bits per heavy atom. The van der Waals surface area contributed by atoms with Crippen molar-refractivity contribution in [2.45, 2.75) is 101 Å². The van der Waals surface area contributed by atoms with Crippen LogP contribution < -0.4 is 31.9 Å². The first kappa shape index (κ1) is 45.5. The SMILES string of the molecule is CNCC(=O)N[C@@H](CC#CC#CC[C@H](NC(=O)[C@H](C)NC)C(=O)N1CSC[C@H]1C(=O)N[C@@H]1CCCc2ccccc21)C(=O)N1CSC[C@H]1C(=O)N[C@@H]1CCCc2ccccc21. The molecule has 0 unspecified atom stereocenters. The summed E-state index contributed by atoms with van der Waals surface area (Å²) in [4.78, 5) is 84.2. The van der Waals surface area contributed by atoms with E-state index in [-0.39, 0.29) is 43.3 Å². The fourth-order valence-electron chi connectivity index (χ4n) is 8.13. The molecular weight excluding hydrogens is 813 g/mol. The lowest BCUT2D eigenvalue weighted by atomic mass is 9.87. The predicted octanol–water partition coefficient (Wildman–Crippen LogP) is 1.76. The van der Waals surface area contributed by atoms with Crippen molar-refractivity contribution in [2.24, 2.45) is 0 Å². The number of aryl methyl sites for hydroxylation is 2. The number of rotatable bonds is 14. The van der Waals surface area contributed by atoms with Crippen LogP contribution in [-0.4, -0.2) is 119 Å². The number of nitrogens with zero attached hydrogens (tertiary/aromatic N) is 2.